The molecule has 0 unspecified atom stereocenters. The molecular formula is C20H14Cl2N2O3S. The van der Waals surface area contributed by atoms with Crippen molar-refractivity contribution < 1.29 is 14.3 Å². The van der Waals surface area contributed by atoms with E-state index in [9.17, 15) is 9.59 Å². The summed E-state index contributed by atoms with van der Waals surface area (Å²) in [5.74, 6) is -0.00667. The number of halogens is 2. The second kappa shape index (κ2) is 9.01. The summed E-state index contributed by atoms with van der Waals surface area (Å²) in [5, 5.41) is 2.91. The number of nitrogens with one attached hydrogen (secondary N) is 1. The number of ether oxygens (including phenoxy) is 1. The molecule has 0 aliphatic carbocycles. The predicted molar refractivity (Wildman–Crippen MR) is 114 cm³/mol. The number of imide groups is 1. The van der Waals surface area contributed by atoms with Crippen LogP contribution < -0.4 is 14.4 Å². The van der Waals surface area contributed by atoms with Crippen molar-refractivity contribution in [2.45, 2.75) is 0 Å². The van der Waals surface area contributed by atoms with Crippen LogP contribution in [0.1, 0.15) is 10.4 Å². The number of hydrogen-bond acceptors (Lipinski definition) is 4. The highest BCUT2D eigenvalue weighted by atomic mass is 35.5. The third kappa shape index (κ3) is 4.59. The van der Waals surface area contributed by atoms with Crippen LogP contribution in [0, 0.1) is 0 Å². The molecule has 0 saturated heterocycles. The summed E-state index contributed by atoms with van der Waals surface area (Å²) < 4.78 is 6.79. The van der Waals surface area contributed by atoms with E-state index in [-0.39, 0.29) is 11.5 Å². The summed E-state index contributed by atoms with van der Waals surface area (Å²) >= 11 is 16.5. The third-order valence-electron chi connectivity index (χ3n) is 3.67. The zero-order valence-corrected chi connectivity index (χ0v) is 16.7. The highest BCUT2D eigenvalue weighted by Crippen LogP contribution is 2.39. The first-order chi connectivity index (χ1) is 13.5. The molecule has 0 bridgehead atoms. The minimum absolute atomic E-state index is 0.251. The molecule has 28 heavy (non-hydrogen) atoms. The Kier molecular flexibility index (Phi) is 6.46. The maximum atomic E-state index is 12.5. The van der Waals surface area contributed by atoms with Gasteiger partial charge in [0.1, 0.15) is 0 Å². The first kappa shape index (κ1) is 20.1. The molecule has 3 rings (SSSR count). The molecule has 142 valence electrons. The van der Waals surface area contributed by atoms with Gasteiger partial charge < -0.3 is 4.74 Å². The van der Waals surface area contributed by atoms with Crippen molar-refractivity contribution in [3.05, 3.63) is 88.4 Å². The van der Waals surface area contributed by atoms with E-state index in [1.165, 1.54) is 0 Å². The Hall–Kier alpha value is -2.67. The third-order valence-corrected chi connectivity index (χ3v) is 4.67. The molecule has 8 heteroatoms. The Morgan fingerprint density at radius 2 is 1.46 bits per heavy atom. The second-order valence-corrected chi connectivity index (χ2v) is 6.77. The second-order valence-electron chi connectivity index (χ2n) is 5.56. The molecule has 0 heterocycles. The van der Waals surface area contributed by atoms with Crippen molar-refractivity contribution in [2.75, 3.05) is 4.31 Å². The summed E-state index contributed by atoms with van der Waals surface area (Å²) in [4.78, 5) is 24.7. The van der Waals surface area contributed by atoms with Crippen LogP contribution in [0.5, 0.6) is 11.5 Å². The molecule has 0 atom stereocenters. The molecule has 0 aliphatic rings. The maximum Gasteiger partial charge on any atom is 0.338 e. The van der Waals surface area contributed by atoms with Crippen LogP contribution in [-0.2, 0) is 0 Å². The van der Waals surface area contributed by atoms with E-state index in [0.29, 0.717) is 21.3 Å². The van der Waals surface area contributed by atoms with Crippen LogP contribution in [0.25, 0.3) is 0 Å². The van der Waals surface area contributed by atoms with E-state index < -0.39 is 11.9 Å². The van der Waals surface area contributed by atoms with Crippen LogP contribution in [0.15, 0.2) is 72.8 Å². The zero-order chi connectivity index (χ0) is 20.1. The fourth-order valence-corrected chi connectivity index (χ4v) is 3.02. The van der Waals surface area contributed by atoms with Crippen LogP contribution in [0.3, 0.4) is 0 Å². The summed E-state index contributed by atoms with van der Waals surface area (Å²) in [5.41, 5.74) is 0.658. The van der Waals surface area contributed by atoms with Crippen LogP contribution in [0.2, 0.25) is 10.0 Å². The molecule has 0 radical (unpaired) electrons. The normalized spacial score (nSPS) is 10.2. The Morgan fingerprint density at radius 3 is 2.14 bits per heavy atom. The topological polar surface area (TPSA) is 58.6 Å². The number of nitrogens with zero attached hydrogens (tertiary/aromatic N) is 1. The number of urea groups is 1. The summed E-state index contributed by atoms with van der Waals surface area (Å²) in [6.07, 6.45) is 0. The molecular weight excluding hydrogens is 419 g/mol. The molecule has 3 aromatic carbocycles. The number of amides is 3. The average Bonchev–Trinajstić information content (AvgIpc) is 2.71. The van der Waals surface area contributed by atoms with E-state index in [0.717, 1.165) is 4.31 Å². The Labute approximate surface area is 177 Å². The molecule has 0 saturated carbocycles. The molecule has 0 aliphatic heterocycles. The van der Waals surface area contributed by atoms with Crippen LogP contribution >= 0.6 is 36.0 Å². The lowest BCUT2D eigenvalue weighted by atomic mass is 10.2. The highest BCUT2D eigenvalue weighted by molar-refractivity contribution is 7.82. The molecule has 0 fully saturated rings. The lowest BCUT2D eigenvalue weighted by Gasteiger charge is -2.20. The van der Waals surface area contributed by atoms with Crippen LogP contribution in [-0.4, -0.2) is 11.9 Å². The lowest BCUT2D eigenvalue weighted by molar-refractivity contribution is 0.0966. The predicted octanol–water partition coefficient (Wildman–Crippen LogP) is 5.99. The average molecular weight is 433 g/mol. The molecule has 3 amide bonds. The minimum Gasteiger partial charge on any atom is -0.452 e. The Morgan fingerprint density at radius 1 is 0.857 bits per heavy atom. The first-order valence-electron chi connectivity index (χ1n) is 8.07. The van der Waals surface area contributed by atoms with E-state index in [4.69, 9.17) is 27.9 Å². The zero-order valence-electron chi connectivity index (χ0n) is 14.3. The molecule has 5 nitrogen and oxygen atoms in total. The molecule has 0 spiro atoms. The van der Waals surface area contributed by atoms with E-state index >= 15 is 0 Å². The van der Waals surface area contributed by atoms with Crippen molar-refractivity contribution in [2.24, 2.45) is 0 Å². The fraction of sp³-hybridized carbons (Fsp3) is 0. The number of carbonyl (C=O) groups is 2. The van der Waals surface area contributed by atoms with Crippen LogP contribution in [0.4, 0.5) is 10.5 Å². The van der Waals surface area contributed by atoms with Gasteiger partial charge in [-0.25, -0.2) is 9.10 Å². The minimum atomic E-state index is -0.738. The van der Waals surface area contributed by atoms with Gasteiger partial charge in [-0.05, 0) is 36.4 Å². The number of rotatable bonds is 4. The van der Waals surface area contributed by atoms with Crippen molar-refractivity contribution >= 4 is 53.6 Å². The fourth-order valence-electron chi connectivity index (χ4n) is 2.33. The van der Waals surface area contributed by atoms with E-state index in [1.807, 2.05) is 0 Å². The van der Waals surface area contributed by atoms with Crippen molar-refractivity contribution in [3.8, 4) is 11.5 Å². The van der Waals surface area contributed by atoms with E-state index in [1.54, 1.807) is 72.8 Å². The Balaban J connectivity index is 1.81. The summed E-state index contributed by atoms with van der Waals surface area (Å²) in [7, 11) is 0. The molecule has 0 aromatic heterocycles. The summed E-state index contributed by atoms with van der Waals surface area (Å²) in [6, 6.07) is 19.3. The van der Waals surface area contributed by atoms with E-state index in [2.05, 4.69) is 18.1 Å². The molecule has 1 N–H and O–H groups in total. The van der Waals surface area contributed by atoms with Crippen molar-refractivity contribution in [1.29, 1.82) is 0 Å². The van der Waals surface area contributed by atoms with Gasteiger partial charge >= 0.3 is 6.03 Å². The highest BCUT2D eigenvalue weighted by Gasteiger charge is 2.20. The van der Waals surface area contributed by atoms with Gasteiger partial charge in [0.2, 0.25) is 0 Å². The van der Waals surface area contributed by atoms with Crippen molar-refractivity contribution in [3.63, 3.8) is 0 Å². The number of hydrogen-bond donors (Lipinski definition) is 2. The molecule has 3 aromatic rings. The van der Waals surface area contributed by atoms with Gasteiger partial charge in [-0.3, -0.25) is 10.1 Å². The Bertz CT molecular complexity index is 995. The van der Waals surface area contributed by atoms with Gasteiger partial charge in [-0.2, -0.15) is 0 Å². The van der Waals surface area contributed by atoms with Gasteiger partial charge in [-0.15, -0.1) is 0 Å². The number of para-hydroxylation sites is 3. The maximum absolute atomic E-state index is 12.5. The SMILES string of the molecule is O=C(NC(=O)N(S)c1ccccc1Oc1c(Cl)cccc1Cl)c1ccccc1. The van der Waals surface area contributed by atoms with Gasteiger partial charge in [0.05, 0.1) is 15.7 Å². The number of benzene rings is 3. The van der Waals surface area contributed by atoms with Gasteiger partial charge in [0.25, 0.3) is 5.91 Å². The first-order valence-corrected chi connectivity index (χ1v) is 9.23. The van der Waals surface area contributed by atoms with Crippen molar-refractivity contribution in [1.82, 2.24) is 5.32 Å². The van der Waals surface area contributed by atoms with Gasteiger partial charge in [0.15, 0.2) is 11.5 Å². The summed E-state index contributed by atoms with van der Waals surface area (Å²) in [6.45, 7) is 0. The number of thiol groups is 1. The monoisotopic (exact) mass is 432 g/mol. The van der Waals surface area contributed by atoms with Gasteiger partial charge in [0, 0.05) is 5.56 Å². The largest absolute Gasteiger partial charge is 0.452 e. The quantitative estimate of drug-likeness (QED) is 0.497. The smallest absolute Gasteiger partial charge is 0.338 e. The number of carbonyl (C=O) groups excluding carboxylic acids is 2. The lowest BCUT2D eigenvalue weighted by Crippen LogP contribution is -2.38. The van der Waals surface area contributed by atoms with Gasteiger partial charge in [-0.1, -0.05) is 72.4 Å². The standard InChI is InChI=1S/C20H14Cl2N2O3S/c21-14-9-6-10-15(22)18(14)27-17-12-5-4-11-16(17)24(28)20(26)23-19(25)13-7-2-1-3-8-13/h1-12,28H,(H,23,25,26). The number of anilines is 1.